The van der Waals surface area contributed by atoms with Crippen molar-refractivity contribution in [1.29, 1.82) is 0 Å². The molecular formula is C16H25N3OS2. The topological polar surface area (TPSA) is 45.2 Å². The molecule has 0 saturated carbocycles. The Balaban J connectivity index is 2.14. The van der Waals surface area contributed by atoms with Gasteiger partial charge in [0, 0.05) is 19.6 Å². The Morgan fingerprint density at radius 2 is 1.86 bits per heavy atom. The van der Waals surface area contributed by atoms with Gasteiger partial charge in [0.25, 0.3) is 5.91 Å². The maximum Gasteiger partial charge on any atom is 0.261 e. The van der Waals surface area contributed by atoms with E-state index in [9.17, 15) is 4.79 Å². The molecule has 0 unspecified atom stereocenters. The van der Waals surface area contributed by atoms with Crippen LogP contribution in [-0.4, -0.2) is 30.5 Å². The summed E-state index contributed by atoms with van der Waals surface area (Å²) in [6.07, 6.45) is 0.925. The number of rotatable bonds is 4. The minimum atomic E-state index is -0.227. The lowest BCUT2D eigenvalue weighted by atomic mass is 9.82. The zero-order valence-corrected chi connectivity index (χ0v) is 16.0. The highest BCUT2D eigenvalue weighted by molar-refractivity contribution is 7.29. The SMILES string of the molecule is CN(C)c1nc2sc(C(=O)NC(C)(C)CC(C)(C)C)cc2s1. The van der Waals surface area contributed by atoms with E-state index in [1.165, 1.54) is 11.3 Å². The highest BCUT2D eigenvalue weighted by Gasteiger charge is 2.28. The maximum atomic E-state index is 12.5. The largest absolute Gasteiger partial charge is 0.354 e. The third-order valence-corrected chi connectivity index (χ3v) is 5.44. The fourth-order valence-corrected chi connectivity index (χ4v) is 4.79. The summed E-state index contributed by atoms with van der Waals surface area (Å²) in [6, 6.07) is 1.95. The van der Waals surface area contributed by atoms with Crippen molar-refractivity contribution < 1.29 is 4.79 Å². The predicted molar refractivity (Wildman–Crippen MR) is 97.4 cm³/mol. The fraction of sp³-hybridized carbons (Fsp3) is 0.625. The van der Waals surface area contributed by atoms with Gasteiger partial charge in [-0.15, -0.1) is 11.3 Å². The Kier molecular flexibility index (Phi) is 4.55. The number of nitrogens with one attached hydrogen (secondary N) is 1. The molecule has 0 aromatic carbocycles. The number of hydrogen-bond acceptors (Lipinski definition) is 5. The summed E-state index contributed by atoms with van der Waals surface area (Å²) in [5.41, 5.74) is -0.0519. The minimum absolute atomic E-state index is 0.00384. The molecule has 2 aromatic rings. The first kappa shape index (κ1) is 17.2. The van der Waals surface area contributed by atoms with Crippen LogP contribution in [0, 0.1) is 5.41 Å². The van der Waals surface area contributed by atoms with Crippen LogP contribution in [0.1, 0.15) is 50.7 Å². The van der Waals surface area contributed by atoms with E-state index in [4.69, 9.17) is 0 Å². The monoisotopic (exact) mass is 339 g/mol. The third-order valence-electron chi connectivity index (χ3n) is 3.11. The summed E-state index contributed by atoms with van der Waals surface area (Å²) in [4.78, 5) is 20.7. The van der Waals surface area contributed by atoms with Crippen molar-refractivity contribution in [1.82, 2.24) is 10.3 Å². The minimum Gasteiger partial charge on any atom is -0.354 e. The zero-order chi connectivity index (χ0) is 16.7. The van der Waals surface area contributed by atoms with Gasteiger partial charge in [0.05, 0.1) is 9.58 Å². The lowest BCUT2D eigenvalue weighted by molar-refractivity contribution is 0.0895. The van der Waals surface area contributed by atoms with Crippen molar-refractivity contribution in [3.8, 4) is 0 Å². The number of thiazole rings is 1. The quantitative estimate of drug-likeness (QED) is 0.899. The molecular weight excluding hydrogens is 314 g/mol. The maximum absolute atomic E-state index is 12.5. The van der Waals surface area contributed by atoms with Crippen molar-refractivity contribution in [2.24, 2.45) is 5.41 Å². The number of carbonyl (C=O) groups is 1. The zero-order valence-electron chi connectivity index (χ0n) is 14.4. The molecule has 2 rings (SSSR count). The van der Waals surface area contributed by atoms with Gasteiger partial charge < -0.3 is 10.2 Å². The average molecular weight is 340 g/mol. The fourth-order valence-electron chi connectivity index (χ4n) is 2.77. The molecule has 2 heterocycles. The van der Waals surface area contributed by atoms with Crippen LogP contribution in [0.3, 0.4) is 0 Å². The van der Waals surface area contributed by atoms with Crippen molar-refractivity contribution >= 4 is 43.2 Å². The van der Waals surface area contributed by atoms with E-state index in [1.54, 1.807) is 11.3 Å². The molecule has 0 aliphatic carbocycles. The Morgan fingerprint density at radius 1 is 1.23 bits per heavy atom. The van der Waals surface area contributed by atoms with Crippen LogP contribution in [-0.2, 0) is 0 Å². The number of aromatic nitrogens is 1. The predicted octanol–water partition coefficient (Wildman–Crippen LogP) is 4.37. The number of anilines is 1. The van der Waals surface area contributed by atoms with Gasteiger partial charge in [-0.1, -0.05) is 32.1 Å². The summed E-state index contributed by atoms with van der Waals surface area (Å²) >= 11 is 3.08. The van der Waals surface area contributed by atoms with Crippen LogP contribution in [0.5, 0.6) is 0 Å². The second-order valence-electron chi connectivity index (χ2n) is 7.75. The van der Waals surface area contributed by atoms with E-state index in [2.05, 4.69) is 44.9 Å². The Bertz CT molecular complexity index is 646. The first-order valence-corrected chi connectivity index (χ1v) is 9.00. The van der Waals surface area contributed by atoms with Crippen LogP contribution in [0.2, 0.25) is 0 Å². The molecule has 0 aliphatic heterocycles. The van der Waals surface area contributed by atoms with Gasteiger partial charge in [-0.05, 0) is 31.7 Å². The van der Waals surface area contributed by atoms with E-state index >= 15 is 0 Å². The summed E-state index contributed by atoms with van der Waals surface area (Å²) in [5, 5.41) is 4.13. The second-order valence-corrected chi connectivity index (χ2v) is 9.79. The Hall–Kier alpha value is -1.14. The lowest BCUT2D eigenvalue weighted by Crippen LogP contribution is -2.45. The highest BCUT2D eigenvalue weighted by Crippen LogP contribution is 2.34. The Morgan fingerprint density at radius 3 is 2.36 bits per heavy atom. The number of hydrogen-bond donors (Lipinski definition) is 1. The number of fused-ring (bicyclic) bond motifs is 1. The van der Waals surface area contributed by atoms with Crippen LogP contribution in [0.4, 0.5) is 5.13 Å². The standard InChI is InChI=1S/C16H25N3OS2/c1-15(2,3)9-16(4,5)18-12(20)10-8-11-13(21-10)17-14(22-11)19(6)7/h8H,9H2,1-7H3,(H,18,20). The van der Waals surface area contributed by atoms with E-state index in [0.717, 1.165) is 26.0 Å². The summed E-state index contributed by atoms with van der Waals surface area (Å²) in [6.45, 7) is 10.7. The molecule has 0 spiro atoms. The molecule has 6 heteroatoms. The van der Waals surface area contributed by atoms with Gasteiger partial charge in [0.1, 0.15) is 4.83 Å². The molecule has 4 nitrogen and oxygen atoms in total. The number of thiophene rings is 1. The molecule has 0 atom stereocenters. The van der Waals surface area contributed by atoms with Gasteiger partial charge in [-0.25, -0.2) is 4.98 Å². The number of nitrogens with zero attached hydrogens (tertiary/aromatic N) is 2. The van der Waals surface area contributed by atoms with E-state index < -0.39 is 0 Å². The van der Waals surface area contributed by atoms with Crippen molar-refractivity contribution in [2.45, 2.75) is 46.6 Å². The molecule has 0 fully saturated rings. The molecule has 0 saturated heterocycles. The molecule has 0 aliphatic rings. The average Bonchev–Trinajstić information content (AvgIpc) is 2.80. The van der Waals surface area contributed by atoms with Gasteiger partial charge in [-0.3, -0.25) is 4.79 Å². The summed E-state index contributed by atoms with van der Waals surface area (Å²) in [7, 11) is 3.95. The van der Waals surface area contributed by atoms with E-state index in [0.29, 0.717) is 0 Å². The van der Waals surface area contributed by atoms with Gasteiger partial charge >= 0.3 is 0 Å². The molecule has 0 radical (unpaired) electrons. The van der Waals surface area contributed by atoms with Crippen LogP contribution in [0.25, 0.3) is 9.53 Å². The third kappa shape index (κ3) is 4.20. The number of amides is 1. The van der Waals surface area contributed by atoms with Crippen LogP contribution in [0.15, 0.2) is 6.07 Å². The highest BCUT2D eigenvalue weighted by atomic mass is 32.1. The smallest absolute Gasteiger partial charge is 0.261 e. The molecule has 22 heavy (non-hydrogen) atoms. The molecule has 1 N–H and O–H groups in total. The van der Waals surface area contributed by atoms with Gasteiger partial charge in [-0.2, -0.15) is 0 Å². The Labute approximate surface area is 140 Å². The number of carbonyl (C=O) groups excluding carboxylic acids is 1. The molecule has 122 valence electrons. The molecule has 1 amide bonds. The van der Waals surface area contributed by atoms with Crippen molar-refractivity contribution in [3.05, 3.63) is 10.9 Å². The first-order chi connectivity index (χ1) is 9.97. The van der Waals surface area contributed by atoms with Crippen molar-refractivity contribution in [3.63, 3.8) is 0 Å². The van der Waals surface area contributed by atoms with Gasteiger partial charge in [0.15, 0.2) is 5.13 Å². The van der Waals surface area contributed by atoms with E-state index in [-0.39, 0.29) is 16.9 Å². The van der Waals surface area contributed by atoms with Gasteiger partial charge in [0.2, 0.25) is 0 Å². The normalized spacial score (nSPS) is 12.7. The molecule has 0 bridgehead atoms. The van der Waals surface area contributed by atoms with Crippen molar-refractivity contribution in [2.75, 3.05) is 19.0 Å². The van der Waals surface area contributed by atoms with E-state index in [1.807, 2.05) is 25.1 Å². The summed E-state index contributed by atoms with van der Waals surface area (Å²) < 4.78 is 1.08. The molecule has 2 aromatic heterocycles. The summed E-state index contributed by atoms with van der Waals surface area (Å²) in [5.74, 6) is -0.00384. The lowest BCUT2D eigenvalue weighted by Gasteiger charge is -2.33. The van der Waals surface area contributed by atoms with Crippen LogP contribution < -0.4 is 10.2 Å². The first-order valence-electron chi connectivity index (χ1n) is 7.37. The second kappa shape index (κ2) is 5.81. The van der Waals surface area contributed by atoms with Crippen LogP contribution >= 0.6 is 22.7 Å².